The van der Waals surface area contributed by atoms with Crippen LogP contribution in [0.1, 0.15) is 18.4 Å². The molecular weight excluding hydrogens is 244 g/mol. The summed E-state index contributed by atoms with van der Waals surface area (Å²) < 4.78 is 0. The van der Waals surface area contributed by atoms with Crippen molar-refractivity contribution in [3.63, 3.8) is 0 Å². The van der Waals surface area contributed by atoms with Gasteiger partial charge in [0.1, 0.15) is 0 Å². The van der Waals surface area contributed by atoms with Crippen LogP contribution in [-0.2, 0) is 11.2 Å². The Labute approximate surface area is 112 Å². The van der Waals surface area contributed by atoms with E-state index in [1.807, 2.05) is 0 Å². The molecule has 0 atom stereocenters. The SMILES string of the molecule is O=C(O)Cc1cnc(N2CCN(C3CC3)CC2)nc1. The molecule has 1 saturated heterocycles. The molecule has 6 heteroatoms. The second kappa shape index (κ2) is 5.13. The van der Waals surface area contributed by atoms with Crippen molar-refractivity contribution in [2.24, 2.45) is 0 Å². The van der Waals surface area contributed by atoms with Crippen LogP contribution in [0.25, 0.3) is 0 Å². The lowest BCUT2D eigenvalue weighted by Crippen LogP contribution is -2.47. The number of hydrogen-bond acceptors (Lipinski definition) is 5. The zero-order valence-corrected chi connectivity index (χ0v) is 10.8. The van der Waals surface area contributed by atoms with Crippen LogP contribution < -0.4 is 4.90 Å². The van der Waals surface area contributed by atoms with Gasteiger partial charge in [0.2, 0.25) is 5.95 Å². The van der Waals surface area contributed by atoms with Crippen LogP contribution in [0.15, 0.2) is 12.4 Å². The zero-order chi connectivity index (χ0) is 13.2. The van der Waals surface area contributed by atoms with Crippen LogP contribution in [0.4, 0.5) is 5.95 Å². The number of aliphatic carboxylic acids is 1. The number of piperazine rings is 1. The number of carboxylic acid groups (broad SMARTS) is 1. The van der Waals surface area contributed by atoms with Crippen molar-refractivity contribution in [3.8, 4) is 0 Å². The summed E-state index contributed by atoms with van der Waals surface area (Å²) >= 11 is 0. The largest absolute Gasteiger partial charge is 0.481 e. The lowest BCUT2D eigenvalue weighted by Gasteiger charge is -2.34. The van der Waals surface area contributed by atoms with Crippen LogP contribution in [0, 0.1) is 0 Å². The van der Waals surface area contributed by atoms with Crippen molar-refractivity contribution in [2.75, 3.05) is 31.1 Å². The highest BCUT2D eigenvalue weighted by molar-refractivity contribution is 5.69. The van der Waals surface area contributed by atoms with Gasteiger partial charge < -0.3 is 10.0 Å². The first kappa shape index (κ1) is 12.3. The van der Waals surface area contributed by atoms with Gasteiger partial charge in [-0.05, 0) is 12.8 Å². The molecule has 6 nitrogen and oxygen atoms in total. The first-order valence-electron chi connectivity index (χ1n) is 6.74. The van der Waals surface area contributed by atoms with Gasteiger partial charge in [-0.25, -0.2) is 9.97 Å². The Balaban J connectivity index is 1.58. The zero-order valence-electron chi connectivity index (χ0n) is 10.8. The molecule has 1 N–H and O–H groups in total. The molecule has 0 unspecified atom stereocenters. The molecule has 1 aliphatic carbocycles. The lowest BCUT2D eigenvalue weighted by atomic mass is 10.2. The Bertz CT molecular complexity index is 450. The van der Waals surface area contributed by atoms with E-state index in [1.165, 1.54) is 12.8 Å². The first-order valence-corrected chi connectivity index (χ1v) is 6.74. The summed E-state index contributed by atoms with van der Waals surface area (Å²) in [4.78, 5) is 23.8. The Morgan fingerprint density at radius 1 is 1.21 bits per heavy atom. The highest BCUT2D eigenvalue weighted by Gasteiger charge is 2.31. The molecule has 1 aromatic heterocycles. The summed E-state index contributed by atoms with van der Waals surface area (Å²) in [5, 5.41) is 8.70. The Morgan fingerprint density at radius 2 is 1.84 bits per heavy atom. The first-order chi connectivity index (χ1) is 9.22. The van der Waals surface area contributed by atoms with Crippen LogP contribution in [0.2, 0.25) is 0 Å². The third-order valence-corrected chi connectivity index (χ3v) is 3.71. The molecule has 0 spiro atoms. The molecule has 1 aromatic rings. The molecule has 19 heavy (non-hydrogen) atoms. The summed E-state index contributed by atoms with van der Waals surface area (Å²) in [7, 11) is 0. The average Bonchev–Trinajstić information content (AvgIpc) is 3.24. The topological polar surface area (TPSA) is 69.6 Å². The smallest absolute Gasteiger partial charge is 0.307 e. The van der Waals surface area contributed by atoms with Crippen molar-refractivity contribution in [2.45, 2.75) is 25.3 Å². The van der Waals surface area contributed by atoms with Crippen molar-refractivity contribution in [3.05, 3.63) is 18.0 Å². The maximum absolute atomic E-state index is 10.6. The van der Waals surface area contributed by atoms with E-state index in [4.69, 9.17) is 5.11 Å². The fourth-order valence-electron chi connectivity index (χ4n) is 2.50. The van der Waals surface area contributed by atoms with Crippen molar-refractivity contribution < 1.29 is 9.90 Å². The maximum Gasteiger partial charge on any atom is 0.307 e. The molecule has 0 bridgehead atoms. The second-order valence-electron chi connectivity index (χ2n) is 5.22. The summed E-state index contributed by atoms with van der Waals surface area (Å²) in [5.41, 5.74) is 0.646. The van der Waals surface area contributed by atoms with Gasteiger partial charge in [-0.1, -0.05) is 0 Å². The Morgan fingerprint density at radius 3 is 2.37 bits per heavy atom. The van der Waals surface area contributed by atoms with E-state index in [0.717, 1.165) is 32.2 Å². The molecule has 1 saturated carbocycles. The normalized spacial score (nSPS) is 20.5. The number of carbonyl (C=O) groups is 1. The van der Waals surface area contributed by atoms with E-state index in [2.05, 4.69) is 19.8 Å². The van der Waals surface area contributed by atoms with Crippen LogP contribution in [-0.4, -0.2) is 58.2 Å². The van der Waals surface area contributed by atoms with Crippen molar-refractivity contribution in [1.82, 2.24) is 14.9 Å². The van der Waals surface area contributed by atoms with E-state index < -0.39 is 5.97 Å². The quantitative estimate of drug-likeness (QED) is 0.846. The van der Waals surface area contributed by atoms with E-state index in [0.29, 0.717) is 11.5 Å². The van der Waals surface area contributed by atoms with Gasteiger partial charge >= 0.3 is 5.97 Å². The minimum absolute atomic E-state index is 0.0181. The van der Waals surface area contributed by atoms with E-state index >= 15 is 0 Å². The molecule has 102 valence electrons. The van der Waals surface area contributed by atoms with Crippen LogP contribution in [0.3, 0.4) is 0 Å². The van der Waals surface area contributed by atoms with Crippen molar-refractivity contribution in [1.29, 1.82) is 0 Å². The van der Waals surface area contributed by atoms with E-state index in [1.54, 1.807) is 12.4 Å². The lowest BCUT2D eigenvalue weighted by molar-refractivity contribution is -0.136. The predicted octanol–water partition coefficient (Wildman–Crippen LogP) is 0.388. The van der Waals surface area contributed by atoms with Gasteiger partial charge in [0.25, 0.3) is 0 Å². The number of nitrogens with zero attached hydrogens (tertiary/aromatic N) is 4. The highest BCUT2D eigenvalue weighted by Crippen LogP contribution is 2.27. The highest BCUT2D eigenvalue weighted by atomic mass is 16.4. The molecule has 0 radical (unpaired) electrons. The Kier molecular flexibility index (Phi) is 3.33. The molecule has 1 aliphatic heterocycles. The number of rotatable bonds is 4. The van der Waals surface area contributed by atoms with Crippen LogP contribution in [0.5, 0.6) is 0 Å². The number of carboxylic acids is 1. The summed E-state index contributed by atoms with van der Waals surface area (Å²) in [6.45, 7) is 4.05. The van der Waals surface area contributed by atoms with E-state index in [-0.39, 0.29) is 6.42 Å². The van der Waals surface area contributed by atoms with Crippen LogP contribution >= 0.6 is 0 Å². The molecular formula is C13H18N4O2. The van der Waals surface area contributed by atoms with Gasteiger partial charge in [0.15, 0.2) is 0 Å². The molecule has 2 aliphatic rings. The minimum Gasteiger partial charge on any atom is -0.481 e. The van der Waals surface area contributed by atoms with E-state index in [9.17, 15) is 4.79 Å². The average molecular weight is 262 g/mol. The van der Waals surface area contributed by atoms with Gasteiger partial charge in [-0.15, -0.1) is 0 Å². The number of hydrogen-bond donors (Lipinski definition) is 1. The molecule has 2 fully saturated rings. The number of anilines is 1. The van der Waals surface area contributed by atoms with Gasteiger partial charge in [0, 0.05) is 50.2 Å². The monoisotopic (exact) mass is 262 g/mol. The number of aromatic nitrogens is 2. The minimum atomic E-state index is -0.852. The summed E-state index contributed by atoms with van der Waals surface area (Å²) in [6, 6.07) is 0.820. The third kappa shape index (κ3) is 3.01. The predicted molar refractivity (Wildman–Crippen MR) is 70.2 cm³/mol. The van der Waals surface area contributed by atoms with Gasteiger partial charge in [-0.3, -0.25) is 9.69 Å². The molecule has 0 amide bonds. The van der Waals surface area contributed by atoms with Crippen molar-refractivity contribution >= 4 is 11.9 Å². The third-order valence-electron chi connectivity index (χ3n) is 3.71. The second-order valence-corrected chi connectivity index (χ2v) is 5.22. The summed E-state index contributed by atoms with van der Waals surface area (Å²) in [5.74, 6) is -0.140. The summed E-state index contributed by atoms with van der Waals surface area (Å²) in [6.07, 6.45) is 5.91. The molecule has 3 rings (SSSR count). The Hall–Kier alpha value is -1.69. The van der Waals surface area contributed by atoms with Gasteiger partial charge in [0.05, 0.1) is 6.42 Å². The molecule has 2 heterocycles. The molecule has 0 aromatic carbocycles. The fourth-order valence-corrected chi connectivity index (χ4v) is 2.50. The standard InChI is InChI=1S/C13H18N4O2/c18-12(19)7-10-8-14-13(15-9-10)17-5-3-16(4-6-17)11-1-2-11/h8-9,11H,1-7H2,(H,18,19). The van der Waals surface area contributed by atoms with Gasteiger partial charge in [-0.2, -0.15) is 0 Å². The maximum atomic E-state index is 10.6. The fraction of sp³-hybridized carbons (Fsp3) is 0.615.